The van der Waals surface area contributed by atoms with Crippen LogP contribution in [0, 0.1) is 0 Å². The Kier molecular flexibility index (Phi) is 7.34. The quantitative estimate of drug-likeness (QED) is 0.459. The fourth-order valence-electron chi connectivity index (χ4n) is 3.53. The number of hydrogen-bond donors (Lipinski definition) is 0. The van der Waals surface area contributed by atoms with Crippen molar-refractivity contribution in [2.75, 3.05) is 38.2 Å². The van der Waals surface area contributed by atoms with E-state index in [2.05, 4.69) is 51.7 Å². The first-order valence-electron chi connectivity index (χ1n) is 10.9. The van der Waals surface area contributed by atoms with Gasteiger partial charge in [0.15, 0.2) is 5.13 Å². The summed E-state index contributed by atoms with van der Waals surface area (Å²) in [4.78, 5) is 22.5. The zero-order valence-electron chi connectivity index (χ0n) is 19.4. The molecule has 0 atom stereocenters. The third-order valence-corrected chi connectivity index (χ3v) is 6.64. The fraction of sp³-hybridized carbons (Fsp3) is 0.440. The zero-order chi connectivity index (χ0) is 22.6. The number of nitrogens with zero attached hydrogens (tertiary/aromatic N) is 3. The molecule has 0 bridgehead atoms. The number of carbonyl (C=O) groups excluding carboxylic acids is 1. The van der Waals surface area contributed by atoms with Crippen molar-refractivity contribution in [3.05, 3.63) is 53.6 Å². The molecule has 1 aromatic heterocycles. The molecule has 0 fully saturated rings. The maximum atomic E-state index is 13.6. The van der Waals surface area contributed by atoms with Crippen molar-refractivity contribution >= 4 is 32.6 Å². The van der Waals surface area contributed by atoms with Crippen LogP contribution in [0.15, 0.2) is 42.5 Å². The summed E-state index contributed by atoms with van der Waals surface area (Å²) in [6.45, 7) is 14.1. The maximum Gasteiger partial charge on any atom is 0.260 e. The lowest BCUT2D eigenvalue weighted by Gasteiger charge is -2.25. The average Bonchev–Trinajstić information content (AvgIpc) is 3.20. The Hall–Kier alpha value is -2.44. The van der Waals surface area contributed by atoms with Crippen LogP contribution in [0.2, 0.25) is 0 Å². The van der Waals surface area contributed by atoms with Gasteiger partial charge in [0.1, 0.15) is 11.3 Å². The minimum atomic E-state index is -0.0226. The van der Waals surface area contributed by atoms with Gasteiger partial charge in [-0.3, -0.25) is 9.69 Å². The highest BCUT2D eigenvalue weighted by molar-refractivity contribution is 7.22. The van der Waals surface area contributed by atoms with E-state index in [1.54, 1.807) is 7.11 Å². The van der Waals surface area contributed by atoms with E-state index in [4.69, 9.17) is 9.72 Å². The highest BCUT2D eigenvalue weighted by Gasteiger charge is 2.23. The second-order valence-electron chi connectivity index (χ2n) is 8.61. The predicted molar refractivity (Wildman–Crippen MR) is 131 cm³/mol. The maximum absolute atomic E-state index is 13.6. The Morgan fingerprint density at radius 3 is 2.29 bits per heavy atom. The summed E-state index contributed by atoms with van der Waals surface area (Å²) in [7, 11) is 1.65. The molecule has 166 valence electrons. The van der Waals surface area contributed by atoms with Crippen LogP contribution in [0.5, 0.6) is 5.75 Å². The lowest BCUT2D eigenvalue weighted by atomic mass is 9.86. The summed E-state index contributed by atoms with van der Waals surface area (Å²) in [6, 6.07) is 13.8. The van der Waals surface area contributed by atoms with Gasteiger partial charge in [0, 0.05) is 18.7 Å². The summed E-state index contributed by atoms with van der Waals surface area (Å²) >= 11 is 1.53. The van der Waals surface area contributed by atoms with E-state index < -0.39 is 0 Å². The smallest absolute Gasteiger partial charge is 0.260 e. The molecule has 3 aromatic rings. The first-order valence-corrected chi connectivity index (χ1v) is 11.7. The van der Waals surface area contributed by atoms with Crippen molar-refractivity contribution in [3.8, 4) is 5.75 Å². The first-order chi connectivity index (χ1) is 14.8. The Bertz CT molecular complexity index is 1020. The molecule has 0 saturated heterocycles. The molecule has 0 aliphatic carbocycles. The number of likely N-dealkylation sites (N-methyl/N-ethyl adjacent to an activating group) is 1. The van der Waals surface area contributed by atoms with Gasteiger partial charge >= 0.3 is 0 Å². The van der Waals surface area contributed by atoms with Gasteiger partial charge in [0.25, 0.3) is 5.91 Å². The number of benzene rings is 2. The van der Waals surface area contributed by atoms with Crippen LogP contribution in [0.1, 0.15) is 50.5 Å². The normalized spacial score (nSPS) is 11.8. The molecule has 1 amide bonds. The van der Waals surface area contributed by atoms with Crippen molar-refractivity contribution in [3.63, 3.8) is 0 Å². The molecular formula is C25H33N3O2S. The minimum Gasteiger partial charge on any atom is -0.494 e. The van der Waals surface area contributed by atoms with Crippen molar-refractivity contribution in [2.24, 2.45) is 0 Å². The van der Waals surface area contributed by atoms with Gasteiger partial charge in [-0.05, 0) is 48.3 Å². The summed E-state index contributed by atoms with van der Waals surface area (Å²) in [6.07, 6.45) is 0. The van der Waals surface area contributed by atoms with Crippen LogP contribution < -0.4 is 9.64 Å². The lowest BCUT2D eigenvalue weighted by Crippen LogP contribution is -2.38. The van der Waals surface area contributed by atoms with Crippen molar-refractivity contribution in [1.82, 2.24) is 9.88 Å². The monoisotopic (exact) mass is 439 g/mol. The van der Waals surface area contributed by atoms with E-state index in [9.17, 15) is 4.79 Å². The van der Waals surface area contributed by atoms with Gasteiger partial charge in [0.05, 0.1) is 11.8 Å². The molecule has 0 N–H and O–H groups in total. The number of hydrogen-bond acceptors (Lipinski definition) is 5. The summed E-state index contributed by atoms with van der Waals surface area (Å²) in [5.74, 6) is 0.705. The second-order valence-corrected chi connectivity index (χ2v) is 9.62. The van der Waals surface area contributed by atoms with Gasteiger partial charge in [-0.2, -0.15) is 0 Å². The third-order valence-electron chi connectivity index (χ3n) is 5.60. The number of rotatable bonds is 8. The molecule has 0 aliphatic rings. The van der Waals surface area contributed by atoms with Gasteiger partial charge in [-0.1, -0.05) is 64.2 Å². The van der Waals surface area contributed by atoms with Gasteiger partial charge in [0.2, 0.25) is 0 Å². The summed E-state index contributed by atoms with van der Waals surface area (Å²) < 4.78 is 6.49. The van der Waals surface area contributed by atoms with Crippen LogP contribution in [-0.4, -0.2) is 49.1 Å². The summed E-state index contributed by atoms with van der Waals surface area (Å²) in [5.41, 5.74) is 2.74. The van der Waals surface area contributed by atoms with E-state index in [-0.39, 0.29) is 11.3 Å². The van der Waals surface area contributed by atoms with E-state index in [0.29, 0.717) is 17.2 Å². The molecule has 1 heterocycles. The second kappa shape index (κ2) is 9.79. The number of amides is 1. The van der Waals surface area contributed by atoms with E-state index >= 15 is 0 Å². The van der Waals surface area contributed by atoms with Crippen molar-refractivity contribution < 1.29 is 9.53 Å². The highest BCUT2D eigenvalue weighted by atomic mass is 32.1. The van der Waals surface area contributed by atoms with Crippen LogP contribution in [-0.2, 0) is 5.41 Å². The number of thiazole rings is 1. The van der Waals surface area contributed by atoms with Crippen LogP contribution >= 0.6 is 11.3 Å². The number of para-hydroxylation sites is 1. The van der Waals surface area contributed by atoms with Crippen LogP contribution in [0.3, 0.4) is 0 Å². The fourth-order valence-corrected chi connectivity index (χ4v) is 4.53. The molecule has 0 aliphatic heterocycles. The molecule has 3 rings (SSSR count). The molecule has 0 saturated carbocycles. The SMILES string of the molecule is CCN(CC)CCN(C(=O)c1ccc(C(C)(C)C)cc1)c1nc2c(OC)cccc2s1. The first kappa shape index (κ1) is 23.2. The molecule has 6 heteroatoms. The largest absolute Gasteiger partial charge is 0.494 e. The molecule has 31 heavy (non-hydrogen) atoms. The predicted octanol–water partition coefficient (Wildman–Crippen LogP) is 5.59. The standard InChI is InChI=1S/C25H33N3O2S/c1-7-27(8-2)16-17-28(23(29)18-12-14-19(15-13-18)25(3,4)5)24-26-22-20(30-6)10-9-11-21(22)31-24/h9-15H,7-8,16-17H2,1-6H3. The Balaban J connectivity index is 1.97. The van der Waals surface area contributed by atoms with Crippen molar-refractivity contribution in [1.29, 1.82) is 0 Å². The Morgan fingerprint density at radius 1 is 1.03 bits per heavy atom. The molecule has 2 aromatic carbocycles. The molecule has 0 radical (unpaired) electrons. The molecule has 5 nitrogen and oxygen atoms in total. The number of fused-ring (bicyclic) bond motifs is 1. The third kappa shape index (κ3) is 5.25. The average molecular weight is 440 g/mol. The van der Waals surface area contributed by atoms with E-state index in [1.165, 1.54) is 16.9 Å². The van der Waals surface area contributed by atoms with E-state index in [0.717, 1.165) is 35.6 Å². The van der Waals surface area contributed by atoms with E-state index in [1.807, 2.05) is 35.2 Å². The minimum absolute atomic E-state index is 0.0226. The van der Waals surface area contributed by atoms with Crippen LogP contribution in [0.4, 0.5) is 5.13 Å². The Morgan fingerprint density at radius 2 is 1.71 bits per heavy atom. The Labute approximate surface area is 189 Å². The lowest BCUT2D eigenvalue weighted by molar-refractivity contribution is 0.0983. The van der Waals surface area contributed by atoms with Gasteiger partial charge < -0.3 is 9.64 Å². The number of anilines is 1. The number of carbonyl (C=O) groups is 1. The number of aromatic nitrogens is 1. The zero-order valence-corrected chi connectivity index (χ0v) is 20.3. The summed E-state index contributed by atoms with van der Waals surface area (Å²) in [5, 5.41) is 0.705. The van der Waals surface area contributed by atoms with Crippen molar-refractivity contribution in [2.45, 2.75) is 40.0 Å². The highest BCUT2D eigenvalue weighted by Crippen LogP contribution is 2.34. The van der Waals surface area contributed by atoms with Gasteiger partial charge in [-0.15, -0.1) is 0 Å². The number of methoxy groups -OCH3 is 1. The topological polar surface area (TPSA) is 45.7 Å². The molecule has 0 spiro atoms. The number of ether oxygens (including phenoxy) is 1. The molecular weight excluding hydrogens is 406 g/mol. The van der Waals surface area contributed by atoms with Crippen LogP contribution in [0.25, 0.3) is 10.2 Å². The molecule has 0 unspecified atom stereocenters. The van der Waals surface area contributed by atoms with Gasteiger partial charge in [-0.25, -0.2) is 4.98 Å².